The Labute approximate surface area is 85.5 Å². The normalized spacial score (nSPS) is 10.1. The molecule has 0 saturated heterocycles. The molecule has 0 radical (unpaired) electrons. The zero-order valence-corrected chi connectivity index (χ0v) is 9.55. The molecule has 14 heavy (non-hydrogen) atoms. The summed E-state index contributed by atoms with van der Waals surface area (Å²) in [7, 11) is 0. The SMILES string of the molecule is CC(C)(C)OC=O.Cc1ccc(C)[nH]1. The summed E-state index contributed by atoms with van der Waals surface area (Å²) < 4.78 is 4.55. The van der Waals surface area contributed by atoms with E-state index >= 15 is 0 Å². The minimum absolute atomic E-state index is 0.318. The van der Waals surface area contributed by atoms with Crippen LogP contribution in [0, 0.1) is 13.8 Å². The van der Waals surface area contributed by atoms with Gasteiger partial charge in [-0.1, -0.05) is 0 Å². The van der Waals surface area contributed by atoms with E-state index in [1.807, 2.05) is 34.6 Å². The average Bonchev–Trinajstić information content (AvgIpc) is 2.33. The molecule has 0 bridgehead atoms. The molecule has 1 N–H and O–H groups in total. The van der Waals surface area contributed by atoms with Gasteiger partial charge in [0.1, 0.15) is 5.60 Å². The Kier molecular flexibility index (Phi) is 4.99. The van der Waals surface area contributed by atoms with Crippen LogP contribution in [0.15, 0.2) is 12.1 Å². The molecule has 1 heterocycles. The van der Waals surface area contributed by atoms with Gasteiger partial charge in [-0.15, -0.1) is 0 Å². The number of H-pyrrole nitrogens is 1. The lowest BCUT2D eigenvalue weighted by atomic mass is 10.2. The first kappa shape index (κ1) is 12.8. The largest absolute Gasteiger partial charge is 0.462 e. The maximum absolute atomic E-state index is 9.60. The molecule has 0 saturated carbocycles. The average molecular weight is 197 g/mol. The van der Waals surface area contributed by atoms with Gasteiger partial charge in [-0.3, -0.25) is 4.79 Å². The van der Waals surface area contributed by atoms with Crippen molar-refractivity contribution in [1.29, 1.82) is 0 Å². The minimum atomic E-state index is -0.318. The van der Waals surface area contributed by atoms with Gasteiger partial charge >= 0.3 is 0 Å². The van der Waals surface area contributed by atoms with E-state index in [0.717, 1.165) is 0 Å². The molecule has 0 amide bonds. The summed E-state index contributed by atoms with van der Waals surface area (Å²) in [5, 5.41) is 0. The summed E-state index contributed by atoms with van der Waals surface area (Å²) in [6.45, 7) is 10.0. The van der Waals surface area contributed by atoms with Crippen molar-refractivity contribution in [3.05, 3.63) is 23.5 Å². The van der Waals surface area contributed by atoms with Crippen molar-refractivity contribution in [2.45, 2.75) is 40.2 Å². The molecule has 0 fully saturated rings. The highest BCUT2D eigenvalue weighted by atomic mass is 16.5. The molecule has 1 aromatic heterocycles. The first-order valence-electron chi connectivity index (χ1n) is 4.59. The highest BCUT2D eigenvalue weighted by molar-refractivity contribution is 5.37. The van der Waals surface area contributed by atoms with Crippen molar-refractivity contribution < 1.29 is 9.53 Å². The third-order valence-electron chi connectivity index (χ3n) is 1.38. The first-order valence-corrected chi connectivity index (χ1v) is 4.59. The quantitative estimate of drug-likeness (QED) is 0.703. The van der Waals surface area contributed by atoms with Gasteiger partial charge in [0.15, 0.2) is 0 Å². The van der Waals surface area contributed by atoms with E-state index in [1.165, 1.54) is 11.4 Å². The number of ether oxygens (including phenoxy) is 1. The van der Waals surface area contributed by atoms with Crippen LogP contribution in [0.1, 0.15) is 32.2 Å². The van der Waals surface area contributed by atoms with Crippen molar-refractivity contribution in [3.63, 3.8) is 0 Å². The van der Waals surface area contributed by atoms with E-state index in [0.29, 0.717) is 6.47 Å². The Morgan fingerprint density at radius 1 is 1.21 bits per heavy atom. The van der Waals surface area contributed by atoms with Gasteiger partial charge in [-0.2, -0.15) is 0 Å². The van der Waals surface area contributed by atoms with Gasteiger partial charge in [0, 0.05) is 11.4 Å². The topological polar surface area (TPSA) is 42.1 Å². The van der Waals surface area contributed by atoms with E-state index in [2.05, 4.69) is 21.9 Å². The zero-order valence-electron chi connectivity index (χ0n) is 9.55. The summed E-state index contributed by atoms with van der Waals surface area (Å²) in [5.41, 5.74) is 2.15. The van der Waals surface area contributed by atoms with Gasteiger partial charge in [-0.25, -0.2) is 0 Å². The molecule has 1 aromatic rings. The number of hydrogen-bond acceptors (Lipinski definition) is 2. The maximum atomic E-state index is 9.60. The lowest BCUT2D eigenvalue weighted by Crippen LogP contribution is -2.17. The molecule has 0 aliphatic heterocycles. The number of nitrogens with one attached hydrogen (secondary N) is 1. The second-order valence-corrected chi connectivity index (χ2v) is 4.15. The third kappa shape index (κ3) is 7.40. The van der Waals surface area contributed by atoms with Crippen LogP contribution in [-0.4, -0.2) is 17.1 Å². The summed E-state index contributed by atoms with van der Waals surface area (Å²) >= 11 is 0. The Morgan fingerprint density at radius 3 is 1.71 bits per heavy atom. The molecule has 0 spiro atoms. The zero-order chi connectivity index (χ0) is 11.2. The van der Waals surface area contributed by atoms with Gasteiger partial charge in [-0.05, 0) is 46.8 Å². The third-order valence-corrected chi connectivity index (χ3v) is 1.38. The summed E-state index contributed by atoms with van der Waals surface area (Å²) in [6, 6.07) is 4.13. The molecule has 0 aromatic carbocycles. The van der Waals surface area contributed by atoms with Crippen LogP contribution in [0.2, 0.25) is 0 Å². The first-order chi connectivity index (χ1) is 6.35. The van der Waals surface area contributed by atoms with Crippen LogP contribution in [0.4, 0.5) is 0 Å². The highest BCUT2D eigenvalue weighted by Gasteiger charge is 2.07. The van der Waals surface area contributed by atoms with E-state index in [-0.39, 0.29) is 5.60 Å². The van der Waals surface area contributed by atoms with E-state index in [1.54, 1.807) is 0 Å². The second kappa shape index (κ2) is 5.47. The maximum Gasteiger partial charge on any atom is 0.293 e. The smallest absolute Gasteiger partial charge is 0.293 e. The molecular weight excluding hydrogens is 178 g/mol. The molecule has 3 nitrogen and oxygen atoms in total. The summed E-state index contributed by atoms with van der Waals surface area (Å²) in [4.78, 5) is 12.7. The van der Waals surface area contributed by atoms with Crippen LogP contribution in [-0.2, 0) is 9.53 Å². The predicted molar refractivity (Wildman–Crippen MR) is 57.2 cm³/mol. The van der Waals surface area contributed by atoms with Crippen molar-refractivity contribution in [3.8, 4) is 0 Å². The molecule has 80 valence electrons. The number of carbonyl (C=O) groups excluding carboxylic acids is 1. The molecule has 1 rings (SSSR count). The molecule has 3 heteroatoms. The Morgan fingerprint density at radius 2 is 1.64 bits per heavy atom. The number of aromatic nitrogens is 1. The van der Waals surface area contributed by atoms with Crippen molar-refractivity contribution in [2.24, 2.45) is 0 Å². The standard InChI is InChI=1S/C6H9N.C5H10O2/c1-5-3-4-6(2)7-5;1-5(2,3)7-4-6/h3-4,7H,1-2H3;4H,1-3H3. The fourth-order valence-electron chi connectivity index (χ4n) is 0.789. The van der Waals surface area contributed by atoms with Crippen molar-refractivity contribution in [2.75, 3.05) is 0 Å². The van der Waals surface area contributed by atoms with Crippen LogP contribution < -0.4 is 0 Å². The highest BCUT2D eigenvalue weighted by Crippen LogP contribution is 2.02. The number of aryl methyl sites for hydroxylation is 2. The predicted octanol–water partition coefficient (Wildman–Crippen LogP) is 2.59. The summed E-state index contributed by atoms with van der Waals surface area (Å²) in [6.07, 6.45) is 0. The fraction of sp³-hybridized carbons (Fsp3) is 0.545. The van der Waals surface area contributed by atoms with Crippen molar-refractivity contribution in [1.82, 2.24) is 4.98 Å². The molecule has 0 unspecified atom stereocenters. The van der Waals surface area contributed by atoms with Crippen LogP contribution in [0.5, 0.6) is 0 Å². The van der Waals surface area contributed by atoms with Gasteiger partial charge in [0.05, 0.1) is 0 Å². The monoisotopic (exact) mass is 197 g/mol. The fourth-order valence-corrected chi connectivity index (χ4v) is 0.789. The number of aromatic amines is 1. The Balaban J connectivity index is 0.000000241. The van der Waals surface area contributed by atoms with E-state index in [9.17, 15) is 4.79 Å². The van der Waals surface area contributed by atoms with Gasteiger partial charge in [0.25, 0.3) is 6.47 Å². The Bertz CT molecular complexity index is 255. The minimum Gasteiger partial charge on any atom is -0.462 e. The van der Waals surface area contributed by atoms with Gasteiger partial charge < -0.3 is 9.72 Å². The number of rotatable bonds is 1. The van der Waals surface area contributed by atoms with Crippen LogP contribution in [0.25, 0.3) is 0 Å². The second-order valence-electron chi connectivity index (χ2n) is 4.15. The number of carbonyl (C=O) groups is 1. The molecule has 0 atom stereocenters. The van der Waals surface area contributed by atoms with Crippen LogP contribution >= 0.6 is 0 Å². The van der Waals surface area contributed by atoms with Crippen LogP contribution in [0.3, 0.4) is 0 Å². The molecular formula is C11H19NO2. The Hall–Kier alpha value is -1.25. The number of hydrogen-bond donors (Lipinski definition) is 1. The van der Waals surface area contributed by atoms with Crippen molar-refractivity contribution >= 4 is 6.47 Å². The molecule has 0 aliphatic carbocycles. The lowest BCUT2D eigenvalue weighted by molar-refractivity contribution is -0.138. The van der Waals surface area contributed by atoms with Gasteiger partial charge in [0.2, 0.25) is 0 Å². The molecule has 0 aliphatic rings. The van der Waals surface area contributed by atoms with E-state index in [4.69, 9.17) is 0 Å². The summed E-state index contributed by atoms with van der Waals surface area (Å²) in [5.74, 6) is 0. The lowest BCUT2D eigenvalue weighted by Gasteiger charge is -2.14. The van der Waals surface area contributed by atoms with E-state index < -0.39 is 0 Å².